The molecule has 0 saturated heterocycles. The molecule has 0 aliphatic carbocycles. The molecule has 21 heavy (non-hydrogen) atoms. The van der Waals surface area contributed by atoms with Gasteiger partial charge in [-0.05, 0) is 30.3 Å². The molecule has 0 aliphatic heterocycles. The third kappa shape index (κ3) is 3.32. The van der Waals surface area contributed by atoms with Crippen molar-refractivity contribution < 1.29 is 9.59 Å². The van der Waals surface area contributed by atoms with Crippen LogP contribution in [0.15, 0.2) is 42.5 Å². The first-order valence-corrected chi connectivity index (χ1v) is 6.58. The summed E-state index contributed by atoms with van der Waals surface area (Å²) in [4.78, 5) is 23.8. The number of nitrogen functional groups attached to an aromatic ring is 1. The van der Waals surface area contributed by atoms with Crippen molar-refractivity contribution in [3.8, 4) is 0 Å². The number of para-hydroxylation sites is 1. The van der Waals surface area contributed by atoms with E-state index >= 15 is 0 Å². The molecular weight excluding hydrogens is 290 g/mol. The SMILES string of the molecule is CNC(=O)c1ccc(Cl)c(NC(=O)c2ccccc2N)c1. The Morgan fingerprint density at radius 1 is 1.10 bits per heavy atom. The molecule has 2 aromatic carbocycles. The molecule has 0 aliphatic rings. The average molecular weight is 304 g/mol. The molecule has 0 unspecified atom stereocenters. The lowest BCUT2D eigenvalue weighted by Crippen LogP contribution is -2.19. The summed E-state index contributed by atoms with van der Waals surface area (Å²) in [5, 5.41) is 5.50. The molecule has 2 amide bonds. The van der Waals surface area contributed by atoms with Crippen LogP contribution < -0.4 is 16.4 Å². The first kappa shape index (κ1) is 14.9. The monoisotopic (exact) mass is 303 g/mol. The number of benzene rings is 2. The smallest absolute Gasteiger partial charge is 0.257 e. The van der Waals surface area contributed by atoms with E-state index in [9.17, 15) is 9.59 Å². The molecule has 6 heteroatoms. The summed E-state index contributed by atoms with van der Waals surface area (Å²) in [7, 11) is 1.53. The molecule has 0 heterocycles. The molecule has 0 fully saturated rings. The second-order valence-corrected chi connectivity index (χ2v) is 4.72. The van der Waals surface area contributed by atoms with Gasteiger partial charge in [0.1, 0.15) is 0 Å². The fraction of sp³-hybridized carbons (Fsp3) is 0.0667. The van der Waals surface area contributed by atoms with E-state index in [-0.39, 0.29) is 11.8 Å². The third-order valence-corrected chi connectivity index (χ3v) is 3.24. The number of halogens is 1. The quantitative estimate of drug-likeness (QED) is 0.762. The minimum absolute atomic E-state index is 0.263. The Hall–Kier alpha value is -2.53. The van der Waals surface area contributed by atoms with Gasteiger partial charge in [-0.2, -0.15) is 0 Å². The Bertz CT molecular complexity index is 701. The van der Waals surface area contributed by atoms with Gasteiger partial charge in [0.2, 0.25) is 0 Å². The predicted molar refractivity (Wildman–Crippen MR) is 83.6 cm³/mol. The molecule has 5 nitrogen and oxygen atoms in total. The highest BCUT2D eigenvalue weighted by Crippen LogP contribution is 2.24. The van der Waals surface area contributed by atoms with E-state index in [2.05, 4.69) is 10.6 Å². The van der Waals surface area contributed by atoms with Crippen LogP contribution in [0.3, 0.4) is 0 Å². The van der Waals surface area contributed by atoms with Crippen molar-refractivity contribution >= 4 is 34.8 Å². The van der Waals surface area contributed by atoms with Gasteiger partial charge in [0.15, 0.2) is 0 Å². The number of rotatable bonds is 3. The van der Waals surface area contributed by atoms with Crippen molar-refractivity contribution in [2.45, 2.75) is 0 Å². The van der Waals surface area contributed by atoms with E-state index in [1.54, 1.807) is 36.4 Å². The molecule has 2 rings (SSSR count). The Morgan fingerprint density at radius 2 is 1.81 bits per heavy atom. The summed E-state index contributed by atoms with van der Waals surface area (Å²) in [6.45, 7) is 0. The van der Waals surface area contributed by atoms with Crippen molar-refractivity contribution in [1.29, 1.82) is 0 Å². The van der Waals surface area contributed by atoms with Gasteiger partial charge in [0.25, 0.3) is 11.8 Å². The maximum absolute atomic E-state index is 12.2. The Labute approximate surface area is 127 Å². The maximum atomic E-state index is 12.2. The van der Waals surface area contributed by atoms with Gasteiger partial charge in [0, 0.05) is 18.3 Å². The predicted octanol–water partition coefficient (Wildman–Crippen LogP) is 2.53. The Morgan fingerprint density at radius 3 is 2.48 bits per heavy atom. The summed E-state index contributed by atoms with van der Waals surface area (Å²) in [5.41, 5.74) is 7.22. The van der Waals surface area contributed by atoms with E-state index in [0.29, 0.717) is 27.5 Å². The van der Waals surface area contributed by atoms with Crippen LogP contribution >= 0.6 is 11.6 Å². The fourth-order valence-electron chi connectivity index (χ4n) is 1.80. The van der Waals surface area contributed by atoms with Gasteiger partial charge in [0.05, 0.1) is 16.3 Å². The van der Waals surface area contributed by atoms with Crippen molar-refractivity contribution in [3.05, 3.63) is 58.6 Å². The topological polar surface area (TPSA) is 84.2 Å². The highest BCUT2D eigenvalue weighted by atomic mass is 35.5. The van der Waals surface area contributed by atoms with Crippen molar-refractivity contribution in [2.75, 3.05) is 18.1 Å². The minimum atomic E-state index is -0.385. The maximum Gasteiger partial charge on any atom is 0.257 e. The van der Waals surface area contributed by atoms with Crippen LogP contribution in [0.1, 0.15) is 20.7 Å². The highest BCUT2D eigenvalue weighted by Gasteiger charge is 2.13. The lowest BCUT2D eigenvalue weighted by molar-refractivity contribution is 0.0961. The van der Waals surface area contributed by atoms with E-state index in [1.807, 2.05) is 0 Å². The lowest BCUT2D eigenvalue weighted by atomic mass is 10.1. The largest absolute Gasteiger partial charge is 0.398 e. The fourth-order valence-corrected chi connectivity index (χ4v) is 1.96. The molecule has 4 N–H and O–H groups in total. The molecule has 0 spiro atoms. The van der Waals surface area contributed by atoms with Crippen LogP contribution in [0, 0.1) is 0 Å². The normalized spacial score (nSPS) is 10.0. The number of hydrogen-bond donors (Lipinski definition) is 3. The molecule has 2 aromatic rings. The standard InChI is InChI=1S/C15H14ClN3O2/c1-18-14(20)9-6-7-11(16)13(8-9)19-15(21)10-4-2-3-5-12(10)17/h2-8H,17H2,1H3,(H,18,20)(H,19,21). The summed E-state index contributed by atoms with van der Waals surface area (Å²) in [6, 6.07) is 11.3. The van der Waals surface area contributed by atoms with E-state index < -0.39 is 0 Å². The summed E-state index contributed by atoms with van der Waals surface area (Å²) in [6.07, 6.45) is 0. The average Bonchev–Trinajstić information content (AvgIpc) is 2.49. The zero-order chi connectivity index (χ0) is 15.4. The van der Waals surface area contributed by atoms with E-state index in [0.717, 1.165) is 0 Å². The molecule has 0 radical (unpaired) electrons. The van der Waals surface area contributed by atoms with Gasteiger partial charge in [-0.25, -0.2) is 0 Å². The van der Waals surface area contributed by atoms with Gasteiger partial charge < -0.3 is 16.4 Å². The summed E-state index contributed by atoms with van der Waals surface area (Å²) >= 11 is 6.04. The van der Waals surface area contributed by atoms with Crippen molar-refractivity contribution in [2.24, 2.45) is 0 Å². The highest BCUT2D eigenvalue weighted by molar-refractivity contribution is 6.34. The number of anilines is 2. The number of nitrogens with one attached hydrogen (secondary N) is 2. The molecular formula is C15H14ClN3O2. The van der Waals surface area contributed by atoms with Crippen LogP contribution in [0.5, 0.6) is 0 Å². The number of amides is 2. The van der Waals surface area contributed by atoms with Crippen LogP contribution in [-0.2, 0) is 0 Å². The van der Waals surface area contributed by atoms with E-state index in [4.69, 9.17) is 17.3 Å². The number of carbonyl (C=O) groups is 2. The van der Waals surface area contributed by atoms with Gasteiger partial charge in [-0.3, -0.25) is 9.59 Å². The second kappa shape index (κ2) is 6.28. The van der Waals surface area contributed by atoms with Gasteiger partial charge >= 0.3 is 0 Å². The first-order chi connectivity index (χ1) is 10.0. The first-order valence-electron chi connectivity index (χ1n) is 6.20. The zero-order valence-electron chi connectivity index (χ0n) is 11.3. The van der Waals surface area contributed by atoms with Crippen LogP contribution in [0.25, 0.3) is 0 Å². The molecule has 0 bridgehead atoms. The molecule has 0 saturated carbocycles. The number of nitrogens with two attached hydrogens (primary N) is 1. The number of hydrogen-bond acceptors (Lipinski definition) is 3. The second-order valence-electron chi connectivity index (χ2n) is 4.32. The van der Waals surface area contributed by atoms with Gasteiger partial charge in [-0.15, -0.1) is 0 Å². The summed E-state index contributed by atoms with van der Waals surface area (Å²) < 4.78 is 0. The minimum Gasteiger partial charge on any atom is -0.398 e. The summed E-state index contributed by atoms with van der Waals surface area (Å²) in [5.74, 6) is -0.648. The van der Waals surface area contributed by atoms with Crippen molar-refractivity contribution in [1.82, 2.24) is 5.32 Å². The van der Waals surface area contributed by atoms with Crippen LogP contribution in [0.2, 0.25) is 5.02 Å². The Balaban J connectivity index is 2.29. The van der Waals surface area contributed by atoms with Crippen LogP contribution in [0.4, 0.5) is 11.4 Å². The third-order valence-electron chi connectivity index (χ3n) is 2.91. The number of carbonyl (C=O) groups excluding carboxylic acids is 2. The molecule has 108 valence electrons. The molecule has 0 atom stereocenters. The Kier molecular flexibility index (Phi) is 4.45. The zero-order valence-corrected chi connectivity index (χ0v) is 12.1. The van der Waals surface area contributed by atoms with Crippen molar-refractivity contribution in [3.63, 3.8) is 0 Å². The van der Waals surface area contributed by atoms with Gasteiger partial charge in [-0.1, -0.05) is 23.7 Å². The van der Waals surface area contributed by atoms with E-state index in [1.165, 1.54) is 13.1 Å². The van der Waals surface area contributed by atoms with Crippen LogP contribution in [-0.4, -0.2) is 18.9 Å². The molecule has 0 aromatic heterocycles. The lowest BCUT2D eigenvalue weighted by Gasteiger charge is -2.10.